The van der Waals surface area contributed by atoms with E-state index in [-0.39, 0.29) is 34.3 Å². The molecule has 3 aromatic rings. The molecule has 2 heterocycles. The third-order valence-electron chi connectivity index (χ3n) is 5.48. The second-order valence-corrected chi connectivity index (χ2v) is 10.5. The molecule has 174 valence electrons. The summed E-state index contributed by atoms with van der Waals surface area (Å²) in [4.78, 5) is 25.1. The van der Waals surface area contributed by atoms with Crippen LogP contribution in [0.2, 0.25) is 0 Å². The number of nitrogens with one attached hydrogen (secondary N) is 1. The molecule has 2 aromatic carbocycles. The van der Waals surface area contributed by atoms with Gasteiger partial charge in [0.2, 0.25) is 0 Å². The van der Waals surface area contributed by atoms with E-state index in [4.69, 9.17) is 0 Å². The summed E-state index contributed by atoms with van der Waals surface area (Å²) in [6, 6.07) is 10.5. The van der Waals surface area contributed by atoms with E-state index in [0.717, 1.165) is 0 Å². The van der Waals surface area contributed by atoms with Crippen LogP contribution in [0.3, 0.4) is 0 Å². The molecule has 0 aliphatic carbocycles. The highest BCUT2D eigenvalue weighted by molar-refractivity contribution is 7.91. The molecular weight excluding hydrogens is 456 g/mol. The molecule has 0 unspecified atom stereocenters. The summed E-state index contributed by atoms with van der Waals surface area (Å²) in [7, 11) is -3.20. The monoisotopic (exact) mass is 477 g/mol. The van der Waals surface area contributed by atoms with Gasteiger partial charge in [-0.15, -0.1) is 0 Å². The van der Waals surface area contributed by atoms with Crippen molar-refractivity contribution < 1.29 is 31.5 Å². The lowest BCUT2D eigenvalue weighted by molar-refractivity contribution is -0.0498. The minimum absolute atomic E-state index is 0.0123. The molecule has 0 bridgehead atoms. The van der Waals surface area contributed by atoms with E-state index in [9.17, 15) is 26.8 Å². The Balaban J connectivity index is 1.72. The highest BCUT2D eigenvalue weighted by atomic mass is 32.2. The Bertz CT molecular complexity index is 1370. The first-order valence-electron chi connectivity index (χ1n) is 10.1. The van der Waals surface area contributed by atoms with Gasteiger partial charge in [0.1, 0.15) is 11.4 Å². The first-order valence-corrected chi connectivity index (χ1v) is 11.9. The number of aromatic nitrogens is 2. The summed E-state index contributed by atoms with van der Waals surface area (Å²) >= 11 is 0. The number of nitrogens with zero attached hydrogens (tertiary/aromatic N) is 2. The summed E-state index contributed by atoms with van der Waals surface area (Å²) in [6.07, 6.45) is 0.316. The zero-order valence-electron chi connectivity index (χ0n) is 17.8. The molecule has 1 aliphatic heterocycles. The minimum Gasteiger partial charge on any atom is -0.435 e. The van der Waals surface area contributed by atoms with Gasteiger partial charge in [-0.05, 0) is 43.7 Å². The number of ketones is 1. The average molecular weight is 477 g/mol. The zero-order valence-corrected chi connectivity index (χ0v) is 18.7. The van der Waals surface area contributed by atoms with Gasteiger partial charge in [-0.1, -0.05) is 6.07 Å². The number of carbonyl (C=O) groups excluding carboxylic acids is 2. The highest BCUT2D eigenvalue weighted by Crippen LogP contribution is 2.28. The molecule has 8 nitrogen and oxygen atoms in total. The van der Waals surface area contributed by atoms with Crippen LogP contribution in [0.4, 0.5) is 8.78 Å². The van der Waals surface area contributed by atoms with Crippen LogP contribution in [-0.2, 0) is 9.84 Å². The summed E-state index contributed by atoms with van der Waals surface area (Å²) < 4.78 is 54.7. The van der Waals surface area contributed by atoms with Gasteiger partial charge in [0.25, 0.3) is 5.91 Å². The minimum atomic E-state index is -3.20. The lowest BCUT2D eigenvalue weighted by Gasteiger charge is -2.23. The predicted molar refractivity (Wildman–Crippen MR) is 117 cm³/mol. The third kappa shape index (κ3) is 4.72. The van der Waals surface area contributed by atoms with E-state index in [1.54, 1.807) is 19.1 Å². The number of alkyl halides is 2. The van der Waals surface area contributed by atoms with Gasteiger partial charge < -0.3 is 10.1 Å². The van der Waals surface area contributed by atoms with Crippen LogP contribution in [0.5, 0.6) is 5.75 Å². The number of halogens is 2. The Morgan fingerprint density at radius 2 is 1.97 bits per heavy atom. The number of amides is 1. The number of rotatable bonds is 6. The number of hydrogen-bond acceptors (Lipinski definition) is 6. The van der Waals surface area contributed by atoms with Crippen molar-refractivity contribution in [2.75, 3.05) is 11.5 Å². The van der Waals surface area contributed by atoms with Crippen LogP contribution in [-0.4, -0.2) is 53.5 Å². The number of carbonyl (C=O) groups is 2. The van der Waals surface area contributed by atoms with Crippen LogP contribution in [0.1, 0.15) is 41.1 Å². The van der Waals surface area contributed by atoms with Crippen LogP contribution in [0.25, 0.3) is 16.6 Å². The molecule has 4 rings (SSSR count). The van der Waals surface area contributed by atoms with Gasteiger partial charge in [0.05, 0.1) is 28.2 Å². The Morgan fingerprint density at radius 3 is 2.61 bits per heavy atom. The largest absolute Gasteiger partial charge is 0.435 e. The van der Waals surface area contributed by atoms with Gasteiger partial charge in [-0.25, -0.2) is 13.1 Å². The van der Waals surface area contributed by atoms with Crippen LogP contribution in [0.15, 0.2) is 42.5 Å². The van der Waals surface area contributed by atoms with Crippen molar-refractivity contribution in [3.63, 3.8) is 0 Å². The fourth-order valence-electron chi connectivity index (χ4n) is 3.96. The predicted octanol–water partition coefficient (Wildman–Crippen LogP) is 3.14. The quantitative estimate of drug-likeness (QED) is 0.547. The molecule has 0 radical (unpaired) electrons. The molecular formula is C22H21F2N3O5S. The van der Waals surface area contributed by atoms with E-state index in [1.165, 1.54) is 41.9 Å². The number of sulfone groups is 1. The Kier molecular flexibility index (Phi) is 5.69. The average Bonchev–Trinajstić information content (AvgIpc) is 3.24. The molecule has 1 saturated heterocycles. The molecule has 1 fully saturated rings. The molecule has 0 spiro atoms. The number of hydrogen-bond donors (Lipinski definition) is 1. The second kappa shape index (κ2) is 8.22. The summed E-state index contributed by atoms with van der Waals surface area (Å²) in [6.45, 7) is 0.0290. The molecule has 1 aromatic heterocycles. The summed E-state index contributed by atoms with van der Waals surface area (Å²) in [5, 5.41) is 7.52. The maximum absolute atomic E-state index is 12.9. The van der Waals surface area contributed by atoms with E-state index >= 15 is 0 Å². The summed E-state index contributed by atoms with van der Waals surface area (Å²) in [5.74, 6) is -0.998. The molecule has 33 heavy (non-hydrogen) atoms. The number of ether oxygens (including phenoxy) is 1. The van der Waals surface area contributed by atoms with Gasteiger partial charge in [-0.3, -0.25) is 9.59 Å². The van der Waals surface area contributed by atoms with Crippen molar-refractivity contribution in [1.29, 1.82) is 0 Å². The topological polar surface area (TPSA) is 107 Å². The molecule has 11 heteroatoms. The fourth-order valence-corrected chi connectivity index (χ4v) is 6.06. The first-order chi connectivity index (χ1) is 15.5. The van der Waals surface area contributed by atoms with Crippen molar-refractivity contribution in [3.05, 3.63) is 53.7 Å². The van der Waals surface area contributed by atoms with Crippen LogP contribution >= 0.6 is 0 Å². The molecule has 1 N–H and O–H groups in total. The molecule has 1 amide bonds. The smallest absolute Gasteiger partial charge is 0.387 e. The molecule has 1 aliphatic rings. The third-order valence-corrected chi connectivity index (χ3v) is 7.38. The van der Waals surface area contributed by atoms with E-state index in [1.807, 2.05) is 0 Å². The summed E-state index contributed by atoms with van der Waals surface area (Å²) in [5.41, 5.74) is 0.357. The van der Waals surface area contributed by atoms with Gasteiger partial charge in [0, 0.05) is 23.9 Å². The van der Waals surface area contributed by atoms with Crippen LogP contribution in [0, 0.1) is 0 Å². The lowest BCUT2D eigenvalue weighted by Crippen LogP contribution is -2.46. The maximum atomic E-state index is 12.9. The zero-order chi connectivity index (χ0) is 24.0. The van der Waals surface area contributed by atoms with Crippen molar-refractivity contribution >= 4 is 32.4 Å². The van der Waals surface area contributed by atoms with Crippen LogP contribution < -0.4 is 10.1 Å². The number of fused-ring (bicyclic) bond motifs is 1. The highest BCUT2D eigenvalue weighted by Gasteiger charge is 2.39. The standard InChI is InChI=1S/C22H21F2N3O5S/c1-13(28)19-17-10-14(20(29)25-22(2)8-9-33(30,31)12-22)6-7-18(17)27(26-19)15-4-3-5-16(11-15)32-21(23)24/h3-7,10-11,21H,8-9,12H2,1-2H3,(H,25,29)/t22-/m0/s1. The van der Waals surface area contributed by atoms with E-state index < -0.39 is 27.9 Å². The van der Waals surface area contributed by atoms with Gasteiger partial charge in [-0.2, -0.15) is 13.9 Å². The van der Waals surface area contributed by atoms with Crippen molar-refractivity contribution in [1.82, 2.24) is 15.1 Å². The number of benzene rings is 2. The normalized spacial score (nSPS) is 19.7. The Morgan fingerprint density at radius 1 is 1.21 bits per heavy atom. The lowest BCUT2D eigenvalue weighted by atomic mass is 10.0. The molecule has 0 saturated carbocycles. The van der Waals surface area contributed by atoms with Crippen molar-refractivity contribution in [2.45, 2.75) is 32.4 Å². The van der Waals surface area contributed by atoms with Crippen molar-refractivity contribution in [2.24, 2.45) is 0 Å². The molecule has 1 atom stereocenters. The first kappa shape index (κ1) is 22.8. The van der Waals surface area contributed by atoms with E-state index in [2.05, 4.69) is 15.2 Å². The van der Waals surface area contributed by atoms with Crippen molar-refractivity contribution in [3.8, 4) is 11.4 Å². The SMILES string of the molecule is CC(=O)c1nn(-c2cccc(OC(F)F)c2)c2ccc(C(=O)N[C@@]3(C)CCS(=O)(=O)C3)cc12. The Hall–Kier alpha value is -3.34. The maximum Gasteiger partial charge on any atom is 0.387 e. The Labute approximate surface area is 188 Å². The fraction of sp³-hybridized carbons (Fsp3) is 0.318. The van der Waals surface area contributed by atoms with E-state index in [0.29, 0.717) is 23.0 Å². The second-order valence-electron chi connectivity index (χ2n) is 8.28. The van der Waals surface area contributed by atoms with Gasteiger partial charge >= 0.3 is 6.61 Å². The van der Waals surface area contributed by atoms with Gasteiger partial charge in [0.15, 0.2) is 15.6 Å². The number of Topliss-reactive ketones (excluding diaryl/α,β-unsaturated/α-hetero) is 1.